The molecule has 21 heavy (non-hydrogen) atoms. The first kappa shape index (κ1) is 14.8. The molecule has 1 atom stereocenters. The molecule has 0 spiro atoms. The Labute approximate surface area is 137 Å². The van der Waals surface area contributed by atoms with Gasteiger partial charge in [0.1, 0.15) is 0 Å². The van der Waals surface area contributed by atoms with Crippen molar-refractivity contribution >= 4 is 44.6 Å². The smallest absolute Gasteiger partial charge is 0.0501 e. The maximum atomic E-state index is 6.08. The molecule has 0 aliphatic rings. The number of hydrogen-bond donors (Lipinski definition) is 2. The third-order valence-electron chi connectivity index (χ3n) is 3.47. The van der Waals surface area contributed by atoms with Crippen LogP contribution >= 0.6 is 34.5 Å². The van der Waals surface area contributed by atoms with Crippen molar-refractivity contribution in [3.05, 3.63) is 69.0 Å². The Hall–Kier alpha value is -1.10. The first-order valence-electron chi connectivity index (χ1n) is 6.54. The standard InChI is InChI=1S/C16H14Cl2N2S/c17-12-5-10(6-13(18)8-12)15(20-19)7-11-9-21-16-4-2-1-3-14(11)16/h1-6,8-9,15,20H,7,19H2. The normalized spacial score (nSPS) is 12.7. The van der Waals surface area contributed by atoms with Crippen LogP contribution in [0.3, 0.4) is 0 Å². The third-order valence-corrected chi connectivity index (χ3v) is 4.92. The van der Waals surface area contributed by atoms with Crippen molar-refractivity contribution in [2.75, 3.05) is 0 Å². The predicted molar refractivity (Wildman–Crippen MR) is 92.1 cm³/mol. The van der Waals surface area contributed by atoms with E-state index >= 15 is 0 Å². The van der Waals surface area contributed by atoms with Gasteiger partial charge in [-0.15, -0.1) is 11.3 Å². The number of hydrogen-bond acceptors (Lipinski definition) is 3. The average Bonchev–Trinajstić information content (AvgIpc) is 2.87. The van der Waals surface area contributed by atoms with Gasteiger partial charge in [-0.2, -0.15) is 0 Å². The molecule has 2 nitrogen and oxygen atoms in total. The van der Waals surface area contributed by atoms with Crippen LogP contribution in [-0.4, -0.2) is 0 Å². The maximum absolute atomic E-state index is 6.08. The highest BCUT2D eigenvalue weighted by Gasteiger charge is 2.14. The lowest BCUT2D eigenvalue weighted by Gasteiger charge is -2.17. The summed E-state index contributed by atoms with van der Waals surface area (Å²) in [7, 11) is 0. The highest BCUT2D eigenvalue weighted by molar-refractivity contribution is 7.17. The number of nitrogens with one attached hydrogen (secondary N) is 1. The van der Waals surface area contributed by atoms with Crippen LogP contribution < -0.4 is 11.3 Å². The summed E-state index contributed by atoms with van der Waals surface area (Å²) in [6.07, 6.45) is 0.789. The summed E-state index contributed by atoms with van der Waals surface area (Å²) >= 11 is 13.9. The van der Waals surface area contributed by atoms with Crippen LogP contribution in [0.15, 0.2) is 47.8 Å². The van der Waals surface area contributed by atoms with Gasteiger partial charge in [-0.1, -0.05) is 41.4 Å². The van der Waals surface area contributed by atoms with E-state index in [2.05, 4.69) is 35.1 Å². The average molecular weight is 337 g/mol. The summed E-state index contributed by atoms with van der Waals surface area (Å²) in [6, 6.07) is 13.9. The Bertz CT molecular complexity index is 750. The summed E-state index contributed by atoms with van der Waals surface area (Å²) in [5.74, 6) is 5.73. The first-order valence-corrected chi connectivity index (χ1v) is 8.18. The predicted octanol–water partition coefficient (Wildman–Crippen LogP) is 4.96. The zero-order chi connectivity index (χ0) is 14.8. The maximum Gasteiger partial charge on any atom is 0.0501 e. The second-order valence-corrected chi connectivity index (χ2v) is 6.67. The Morgan fingerprint density at radius 1 is 1.10 bits per heavy atom. The summed E-state index contributed by atoms with van der Waals surface area (Å²) < 4.78 is 1.28. The van der Waals surface area contributed by atoms with Crippen molar-refractivity contribution in [3.8, 4) is 0 Å². The molecule has 1 unspecified atom stereocenters. The Morgan fingerprint density at radius 2 is 1.81 bits per heavy atom. The van der Waals surface area contributed by atoms with Crippen LogP contribution in [0.4, 0.5) is 0 Å². The van der Waals surface area contributed by atoms with E-state index in [1.807, 2.05) is 12.1 Å². The minimum Gasteiger partial charge on any atom is -0.271 e. The summed E-state index contributed by atoms with van der Waals surface area (Å²) in [4.78, 5) is 0. The highest BCUT2D eigenvalue weighted by atomic mass is 35.5. The van der Waals surface area contributed by atoms with Crippen LogP contribution in [0, 0.1) is 0 Å². The minimum atomic E-state index is -0.0285. The number of benzene rings is 2. The van der Waals surface area contributed by atoms with E-state index < -0.39 is 0 Å². The molecule has 2 aromatic carbocycles. The molecule has 0 aliphatic heterocycles. The number of thiophene rings is 1. The largest absolute Gasteiger partial charge is 0.271 e. The molecule has 3 aromatic rings. The molecule has 0 radical (unpaired) electrons. The van der Waals surface area contributed by atoms with Gasteiger partial charge in [0.2, 0.25) is 0 Å². The molecule has 0 aliphatic carbocycles. The number of fused-ring (bicyclic) bond motifs is 1. The zero-order valence-corrected chi connectivity index (χ0v) is 13.5. The van der Waals surface area contributed by atoms with E-state index in [1.54, 1.807) is 17.4 Å². The molecule has 0 amide bonds. The fourth-order valence-electron chi connectivity index (χ4n) is 2.46. The van der Waals surface area contributed by atoms with Crippen molar-refractivity contribution in [2.45, 2.75) is 12.5 Å². The molecular formula is C16H14Cl2N2S. The van der Waals surface area contributed by atoms with Crippen LogP contribution in [0.5, 0.6) is 0 Å². The van der Waals surface area contributed by atoms with Crippen LogP contribution in [-0.2, 0) is 6.42 Å². The van der Waals surface area contributed by atoms with E-state index in [9.17, 15) is 0 Å². The zero-order valence-electron chi connectivity index (χ0n) is 11.1. The minimum absolute atomic E-state index is 0.0285. The molecule has 0 saturated carbocycles. The summed E-state index contributed by atoms with van der Waals surface area (Å²) in [5, 5.41) is 4.69. The van der Waals surface area contributed by atoms with E-state index in [0.29, 0.717) is 10.0 Å². The molecule has 108 valence electrons. The molecule has 3 N–H and O–H groups in total. The van der Waals surface area contributed by atoms with E-state index in [4.69, 9.17) is 29.0 Å². The van der Waals surface area contributed by atoms with Crippen LogP contribution in [0.2, 0.25) is 10.0 Å². The van der Waals surface area contributed by atoms with Gasteiger partial charge in [-0.25, -0.2) is 0 Å². The number of halogens is 2. The summed E-state index contributed by atoms with van der Waals surface area (Å²) in [5.41, 5.74) is 5.13. The number of nitrogens with two attached hydrogens (primary N) is 1. The molecule has 5 heteroatoms. The number of hydrazine groups is 1. The second-order valence-electron chi connectivity index (χ2n) is 4.88. The fourth-order valence-corrected chi connectivity index (χ4v) is 3.98. The Balaban J connectivity index is 1.94. The van der Waals surface area contributed by atoms with Crippen molar-refractivity contribution in [1.29, 1.82) is 0 Å². The SMILES string of the molecule is NNC(Cc1csc2ccccc12)c1cc(Cl)cc(Cl)c1. The fraction of sp³-hybridized carbons (Fsp3) is 0.125. The molecule has 1 aromatic heterocycles. The van der Waals surface area contributed by atoms with Gasteiger partial charge in [-0.3, -0.25) is 11.3 Å². The van der Waals surface area contributed by atoms with Crippen molar-refractivity contribution in [3.63, 3.8) is 0 Å². The summed E-state index contributed by atoms with van der Waals surface area (Å²) in [6.45, 7) is 0. The second kappa shape index (κ2) is 6.34. The molecule has 1 heterocycles. The van der Waals surface area contributed by atoms with Gasteiger partial charge in [0, 0.05) is 14.7 Å². The highest BCUT2D eigenvalue weighted by Crippen LogP contribution is 2.31. The molecule has 0 bridgehead atoms. The third kappa shape index (κ3) is 3.23. The lowest BCUT2D eigenvalue weighted by Crippen LogP contribution is -2.29. The molecular weight excluding hydrogens is 323 g/mol. The van der Waals surface area contributed by atoms with Gasteiger partial charge in [-0.05, 0) is 52.6 Å². The van der Waals surface area contributed by atoms with Gasteiger partial charge >= 0.3 is 0 Å². The number of rotatable bonds is 4. The van der Waals surface area contributed by atoms with Crippen molar-refractivity contribution in [2.24, 2.45) is 5.84 Å². The van der Waals surface area contributed by atoms with Gasteiger partial charge < -0.3 is 0 Å². The quantitative estimate of drug-likeness (QED) is 0.522. The Kier molecular flexibility index (Phi) is 4.48. The van der Waals surface area contributed by atoms with Gasteiger partial charge in [0.15, 0.2) is 0 Å². The Morgan fingerprint density at radius 3 is 2.52 bits per heavy atom. The van der Waals surface area contributed by atoms with E-state index in [1.165, 1.54) is 15.6 Å². The monoisotopic (exact) mass is 336 g/mol. The van der Waals surface area contributed by atoms with Crippen LogP contribution in [0.1, 0.15) is 17.2 Å². The van der Waals surface area contributed by atoms with E-state index in [0.717, 1.165) is 12.0 Å². The molecule has 0 fully saturated rings. The van der Waals surface area contributed by atoms with Crippen molar-refractivity contribution < 1.29 is 0 Å². The van der Waals surface area contributed by atoms with E-state index in [-0.39, 0.29) is 6.04 Å². The van der Waals surface area contributed by atoms with Crippen LogP contribution in [0.25, 0.3) is 10.1 Å². The van der Waals surface area contributed by atoms with Gasteiger partial charge in [0.05, 0.1) is 6.04 Å². The molecule has 3 rings (SSSR count). The van der Waals surface area contributed by atoms with Gasteiger partial charge in [0.25, 0.3) is 0 Å². The topological polar surface area (TPSA) is 38.0 Å². The molecule has 0 saturated heterocycles. The first-order chi connectivity index (χ1) is 10.2. The van der Waals surface area contributed by atoms with Crippen molar-refractivity contribution in [1.82, 2.24) is 5.43 Å². The lowest BCUT2D eigenvalue weighted by molar-refractivity contribution is 0.554. The lowest BCUT2D eigenvalue weighted by atomic mass is 9.99.